The molecule has 7 heteroatoms. The number of carbonyl (C=O) groups excluding carboxylic acids is 1. The highest BCUT2D eigenvalue weighted by atomic mass is 16.6. The van der Waals surface area contributed by atoms with Crippen LogP contribution in [0.15, 0.2) is 5.16 Å². The Labute approximate surface area is 131 Å². The van der Waals surface area contributed by atoms with Crippen LogP contribution in [0, 0.1) is 5.92 Å². The second kappa shape index (κ2) is 8.22. The van der Waals surface area contributed by atoms with E-state index < -0.39 is 23.8 Å². The Hall–Kier alpha value is -1.50. The molecule has 0 aliphatic heterocycles. The van der Waals surface area contributed by atoms with E-state index in [4.69, 9.17) is 15.7 Å². The highest BCUT2D eigenvalue weighted by Gasteiger charge is 2.30. The van der Waals surface area contributed by atoms with Crippen molar-refractivity contribution in [3.8, 4) is 0 Å². The van der Waals surface area contributed by atoms with Crippen LogP contribution in [0.1, 0.15) is 59.3 Å². The van der Waals surface area contributed by atoms with Crippen LogP contribution < -0.4 is 11.1 Å². The Kier molecular flexibility index (Phi) is 6.93. The zero-order valence-corrected chi connectivity index (χ0v) is 13.7. The van der Waals surface area contributed by atoms with Gasteiger partial charge in [0.15, 0.2) is 5.84 Å². The molecule has 22 heavy (non-hydrogen) atoms. The molecule has 0 spiro atoms. The molecule has 5 N–H and O–H groups in total. The van der Waals surface area contributed by atoms with Crippen molar-refractivity contribution in [3.05, 3.63) is 0 Å². The van der Waals surface area contributed by atoms with Crippen molar-refractivity contribution in [2.45, 2.75) is 77.0 Å². The minimum absolute atomic E-state index is 0.308. The first-order valence-electron chi connectivity index (χ1n) is 7.88. The van der Waals surface area contributed by atoms with Gasteiger partial charge in [0, 0.05) is 0 Å². The Morgan fingerprint density at radius 3 is 2.45 bits per heavy atom. The Morgan fingerprint density at radius 1 is 1.36 bits per heavy atom. The van der Waals surface area contributed by atoms with E-state index in [1.165, 1.54) is 6.42 Å². The molecule has 1 amide bonds. The number of hydrogen-bond acceptors (Lipinski definition) is 5. The fraction of sp³-hybridized carbons (Fsp3) is 0.867. The summed E-state index contributed by atoms with van der Waals surface area (Å²) in [4.78, 5) is 11.9. The number of aliphatic hydroxyl groups excluding tert-OH is 1. The molecule has 0 aromatic rings. The third-order valence-corrected chi connectivity index (χ3v) is 3.81. The number of rotatable bonds is 5. The highest BCUT2D eigenvalue weighted by molar-refractivity contribution is 5.85. The lowest BCUT2D eigenvalue weighted by atomic mass is 9.83. The minimum atomic E-state index is -1.24. The van der Waals surface area contributed by atoms with E-state index in [0.29, 0.717) is 12.3 Å². The first-order valence-corrected chi connectivity index (χ1v) is 7.88. The summed E-state index contributed by atoms with van der Waals surface area (Å²) < 4.78 is 5.22. The van der Waals surface area contributed by atoms with Crippen LogP contribution in [0.3, 0.4) is 0 Å². The van der Waals surface area contributed by atoms with E-state index in [1.807, 2.05) is 0 Å². The number of nitrogens with two attached hydrogens (primary N) is 1. The van der Waals surface area contributed by atoms with Crippen LogP contribution in [-0.2, 0) is 4.74 Å². The largest absolute Gasteiger partial charge is 0.444 e. The van der Waals surface area contributed by atoms with E-state index >= 15 is 0 Å². The number of oxime groups is 1. The molecule has 0 bridgehead atoms. The molecular weight excluding hydrogens is 286 g/mol. The zero-order chi connectivity index (χ0) is 16.8. The van der Waals surface area contributed by atoms with Gasteiger partial charge in [-0.2, -0.15) is 0 Å². The van der Waals surface area contributed by atoms with Crippen LogP contribution in [0.2, 0.25) is 0 Å². The van der Waals surface area contributed by atoms with Crippen LogP contribution in [0.4, 0.5) is 4.79 Å². The third kappa shape index (κ3) is 6.51. The van der Waals surface area contributed by atoms with E-state index in [-0.39, 0.29) is 5.84 Å². The summed E-state index contributed by atoms with van der Waals surface area (Å²) in [5.74, 6) is 0.103. The van der Waals surface area contributed by atoms with Gasteiger partial charge in [-0.3, -0.25) is 0 Å². The van der Waals surface area contributed by atoms with Crippen molar-refractivity contribution in [1.29, 1.82) is 0 Å². The second-order valence-electron chi connectivity index (χ2n) is 6.96. The molecule has 1 aliphatic rings. The van der Waals surface area contributed by atoms with Gasteiger partial charge in [0.05, 0.1) is 6.04 Å². The van der Waals surface area contributed by atoms with Gasteiger partial charge in [-0.15, -0.1) is 0 Å². The normalized spacial score (nSPS) is 20.3. The highest BCUT2D eigenvalue weighted by Crippen LogP contribution is 2.28. The molecule has 2 atom stereocenters. The Morgan fingerprint density at radius 2 is 1.95 bits per heavy atom. The fourth-order valence-electron chi connectivity index (χ4n) is 2.77. The minimum Gasteiger partial charge on any atom is -0.444 e. The van der Waals surface area contributed by atoms with Crippen molar-refractivity contribution in [3.63, 3.8) is 0 Å². The molecule has 128 valence electrons. The average Bonchev–Trinajstić information content (AvgIpc) is 2.44. The maximum atomic E-state index is 11.9. The predicted molar refractivity (Wildman–Crippen MR) is 83.8 cm³/mol. The molecule has 0 saturated heterocycles. The zero-order valence-electron chi connectivity index (χ0n) is 13.7. The third-order valence-electron chi connectivity index (χ3n) is 3.81. The van der Waals surface area contributed by atoms with E-state index in [1.54, 1.807) is 20.8 Å². The number of nitrogens with one attached hydrogen (secondary N) is 1. The summed E-state index contributed by atoms with van der Waals surface area (Å²) in [6.07, 6.45) is 4.40. The molecule has 1 saturated carbocycles. The van der Waals surface area contributed by atoms with Gasteiger partial charge >= 0.3 is 6.09 Å². The smallest absolute Gasteiger partial charge is 0.407 e. The SMILES string of the molecule is CC(C)(C)OC(=O)N[C@@H](CC1CCCCC1)C(O)/C(N)=N/O. The van der Waals surface area contributed by atoms with Gasteiger partial charge in [-0.05, 0) is 33.1 Å². The number of carbonyl (C=O) groups is 1. The van der Waals surface area contributed by atoms with Gasteiger partial charge in [0.2, 0.25) is 0 Å². The first kappa shape index (κ1) is 18.5. The van der Waals surface area contributed by atoms with Crippen molar-refractivity contribution in [1.82, 2.24) is 5.32 Å². The lowest BCUT2D eigenvalue weighted by molar-refractivity contribution is 0.0443. The average molecular weight is 315 g/mol. The van der Waals surface area contributed by atoms with Crippen molar-refractivity contribution < 1.29 is 19.8 Å². The molecule has 0 aromatic carbocycles. The number of nitrogens with zero attached hydrogens (tertiary/aromatic N) is 1. The summed E-state index contributed by atoms with van der Waals surface area (Å²) in [7, 11) is 0. The number of amides is 1. The number of hydrogen-bond donors (Lipinski definition) is 4. The standard InChI is InChI=1S/C15H29N3O4/c1-15(2,3)22-14(20)17-11(12(19)13(16)18-21)9-10-7-5-4-6-8-10/h10-12,19,21H,4-9H2,1-3H3,(H2,16,18)(H,17,20)/t11-,12?/m0/s1. The number of amidine groups is 1. The van der Waals surface area contributed by atoms with Crippen molar-refractivity contribution in [2.24, 2.45) is 16.8 Å². The maximum Gasteiger partial charge on any atom is 0.407 e. The van der Waals surface area contributed by atoms with Gasteiger partial charge in [-0.25, -0.2) is 4.79 Å². The topological polar surface area (TPSA) is 117 Å². The first-order chi connectivity index (χ1) is 10.2. The van der Waals surface area contributed by atoms with Crippen LogP contribution in [-0.4, -0.2) is 40.0 Å². The Balaban J connectivity index is 2.70. The lowest BCUT2D eigenvalue weighted by Crippen LogP contribution is -2.51. The van der Waals surface area contributed by atoms with Crippen LogP contribution in [0.5, 0.6) is 0 Å². The summed E-state index contributed by atoms with van der Waals surface area (Å²) in [5.41, 5.74) is 4.86. The summed E-state index contributed by atoms with van der Waals surface area (Å²) in [5, 5.41) is 24.4. The van der Waals surface area contributed by atoms with E-state index in [9.17, 15) is 9.90 Å². The van der Waals surface area contributed by atoms with Crippen molar-refractivity contribution >= 4 is 11.9 Å². The summed E-state index contributed by atoms with van der Waals surface area (Å²) >= 11 is 0. The molecule has 0 aromatic heterocycles. The summed E-state index contributed by atoms with van der Waals surface area (Å²) in [6, 6.07) is -0.631. The van der Waals surface area contributed by atoms with Gasteiger partial charge in [-0.1, -0.05) is 37.3 Å². The van der Waals surface area contributed by atoms with E-state index in [0.717, 1.165) is 25.7 Å². The molecule has 0 radical (unpaired) electrons. The molecular formula is C15H29N3O4. The fourth-order valence-corrected chi connectivity index (χ4v) is 2.77. The van der Waals surface area contributed by atoms with Gasteiger partial charge in [0.25, 0.3) is 0 Å². The van der Waals surface area contributed by atoms with Crippen LogP contribution >= 0.6 is 0 Å². The second-order valence-corrected chi connectivity index (χ2v) is 6.96. The molecule has 1 rings (SSSR count). The number of alkyl carbamates (subject to hydrolysis) is 1. The molecule has 0 heterocycles. The summed E-state index contributed by atoms with van der Waals surface area (Å²) in [6.45, 7) is 5.30. The van der Waals surface area contributed by atoms with Crippen molar-refractivity contribution in [2.75, 3.05) is 0 Å². The molecule has 1 aliphatic carbocycles. The monoisotopic (exact) mass is 315 g/mol. The number of ether oxygens (including phenoxy) is 1. The van der Waals surface area contributed by atoms with E-state index in [2.05, 4.69) is 10.5 Å². The molecule has 7 nitrogen and oxygen atoms in total. The maximum absolute atomic E-state index is 11.9. The molecule has 1 unspecified atom stereocenters. The number of aliphatic hydroxyl groups is 1. The van der Waals surface area contributed by atoms with Crippen LogP contribution in [0.25, 0.3) is 0 Å². The quantitative estimate of drug-likeness (QED) is 0.268. The predicted octanol–water partition coefficient (Wildman–Crippen LogP) is 1.96. The molecule has 1 fully saturated rings. The van der Waals surface area contributed by atoms with Gasteiger partial charge < -0.3 is 26.1 Å². The Bertz CT molecular complexity index is 387. The lowest BCUT2D eigenvalue weighted by Gasteiger charge is -2.30. The van der Waals surface area contributed by atoms with Gasteiger partial charge in [0.1, 0.15) is 11.7 Å².